The van der Waals surface area contributed by atoms with E-state index in [2.05, 4.69) is 15.4 Å². The molecule has 0 spiro atoms. The van der Waals surface area contributed by atoms with Crippen molar-refractivity contribution in [1.82, 2.24) is 9.66 Å². The van der Waals surface area contributed by atoms with Crippen molar-refractivity contribution in [3.05, 3.63) is 62.7 Å². The molecule has 1 aliphatic heterocycles. The zero-order chi connectivity index (χ0) is 19.7. The van der Waals surface area contributed by atoms with Gasteiger partial charge in [-0.1, -0.05) is 11.3 Å². The van der Waals surface area contributed by atoms with Crippen molar-refractivity contribution in [3.63, 3.8) is 0 Å². The Morgan fingerprint density at radius 1 is 1.39 bits per heavy atom. The van der Waals surface area contributed by atoms with E-state index in [1.165, 1.54) is 22.2 Å². The number of allylic oxidation sites excluding steroid dienone is 1. The molecule has 0 saturated carbocycles. The first-order chi connectivity index (χ1) is 13.6. The number of thiazole rings is 1. The molecule has 9 heteroatoms. The lowest BCUT2D eigenvalue weighted by atomic mass is 10.1. The van der Waals surface area contributed by atoms with Crippen molar-refractivity contribution >= 4 is 53.0 Å². The lowest BCUT2D eigenvalue weighted by molar-refractivity contribution is 0.100. The van der Waals surface area contributed by atoms with E-state index in [0.717, 1.165) is 16.8 Å². The number of aromatic nitrogens is 2. The van der Waals surface area contributed by atoms with Gasteiger partial charge in [-0.3, -0.25) is 20.2 Å². The van der Waals surface area contributed by atoms with E-state index in [-0.39, 0.29) is 5.88 Å². The minimum absolute atomic E-state index is 0.149. The number of hydrogen-bond acceptors (Lipinski definition) is 7. The number of amides is 1. The Kier molecular flexibility index (Phi) is 4.76. The van der Waals surface area contributed by atoms with E-state index in [4.69, 9.17) is 17.0 Å². The number of hydrogen-bond donors (Lipinski definition) is 2. The van der Waals surface area contributed by atoms with Gasteiger partial charge < -0.3 is 9.84 Å². The maximum atomic E-state index is 12.3. The summed E-state index contributed by atoms with van der Waals surface area (Å²) in [5.74, 6) is 0.145. The minimum atomic E-state index is -0.422. The number of ether oxygens (including phenoxy) is 1. The number of carbonyl (C=O) groups excluding carboxylic acids is 1. The molecule has 0 fully saturated rings. The lowest BCUT2D eigenvalue weighted by Gasteiger charge is -2.07. The van der Waals surface area contributed by atoms with Crippen LogP contribution >= 0.6 is 23.6 Å². The molecule has 1 amide bonds. The number of nitrogens with zero attached hydrogens (tertiary/aromatic N) is 3. The van der Waals surface area contributed by atoms with Crippen LogP contribution in [-0.4, -0.2) is 34.0 Å². The van der Waals surface area contributed by atoms with Crippen LogP contribution in [-0.2, 0) is 0 Å². The third-order valence-electron chi connectivity index (χ3n) is 4.09. The topological polar surface area (TPSA) is 88.7 Å². The third-order valence-corrected chi connectivity index (χ3v) is 5.40. The molecule has 3 aromatic rings. The van der Waals surface area contributed by atoms with Gasteiger partial charge in [0.2, 0.25) is 5.88 Å². The Bertz CT molecular complexity index is 1180. The number of pyridine rings is 1. The van der Waals surface area contributed by atoms with Crippen molar-refractivity contribution < 1.29 is 14.6 Å². The molecule has 140 valence electrons. The van der Waals surface area contributed by atoms with Gasteiger partial charge in [0.05, 0.1) is 23.2 Å². The van der Waals surface area contributed by atoms with Gasteiger partial charge in [-0.15, -0.1) is 0 Å². The molecule has 0 aliphatic carbocycles. The molecular formula is C19H14N4O3S2. The van der Waals surface area contributed by atoms with Crippen molar-refractivity contribution in [2.75, 3.05) is 12.5 Å². The van der Waals surface area contributed by atoms with Crippen molar-refractivity contribution in [2.45, 2.75) is 0 Å². The van der Waals surface area contributed by atoms with Gasteiger partial charge in [0.25, 0.3) is 5.91 Å². The van der Waals surface area contributed by atoms with Crippen LogP contribution in [0.1, 0.15) is 20.8 Å². The molecule has 0 saturated heterocycles. The zero-order valence-corrected chi connectivity index (χ0v) is 16.3. The predicted molar refractivity (Wildman–Crippen MR) is 112 cm³/mol. The van der Waals surface area contributed by atoms with E-state index in [0.29, 0.717) is 20.1 Å². The Labute approximate surface area is 169 Å². The molecule has 28 heavy (non-hydrogen) atoms. The summed E-state index contributed by atoms with van der Waals surface area (Å²) in [5.41, 5.74) is 5.47. The van der Waals surface area contributed by atoms with E-state index in [1.54, 1.807) is 37.7 Å². The van der Waals surface area contributed by atoms with Gasteiger partial charge in [0, 0.05) is 29.7 Å². The maximum Gasteiger partial charge on any atom is 0.271 e. The number of fused-ring (bicyclic) bond motifs is 1. The molecule has 0 radical (unpaired) electrons. The quantitative estimate of drug-likeness (QED) is 0.634. The Morgan fingerprint density at radius 2 is 2.25 bits per heavy atom. The molecule has 2 N–H and O–H groups in total. The van der Waals surface area contributed by atoms with Gasteiger partial charge in [-0.25, -0.2) is 0 Å². The molecule has 7 nitrogen and oxygen atoms in total. The second kappa shape index (κ2) is 7.37. The monoisotopic (exact) mass is 410 g/mol. The fraction of sp³-hybridized carbons (Fsp3) is 0.0526. The lowest BCUT2D eigenvalue weighted by Crippen LogP contribution is -2.22. The first-order valence-electron chi connectivity index (χ1n) is 8.17. The highest BCUT2D eigenvalue weighted by Gasteiger charge is 2.18. The molecule has 0 unspecified atom stereocenters. The van der Waals surface area contributed by atoms with E-state index in [1.807, 2.05) is 18.2 Å². The highest BCUT2D eigenvalue weighted by Crippen LogP contribution is 2.37. The summed E-state index contributed by atoms with van der Waals surface area (Å²) >= 11 is 6.47. The zero-order valence-electron chi connectivity index (χ0n) is 14.6. The van der Waals surface area contributed by atoms with Crippen LogP contribution in [0, 0.1) is 3.95 Å². The number of aromatic hydroxyl groups is 1. The number of carbonyl (C=O) groups is 1. The van der Waals surface area contributed by atoms with Crippen LogP contribution in [0.2, 0.25) is 0 Å². The summed E-state index contributed by atoms with van der Waals surface area (Å²) in [7, 11) is 1.60. The molecule has 1 aromatic carbocycles. The van der Waals surface area contributed by atoms with Crippen LogP contribution in [0.3, 0.4) is 0 Å². The molecular weight excluding hydrogens is 396 g/mol. The first-order valence-corrected chi connectivity index (χ1v) is 9.39. The Balaban J connectivity index is 1.66. The molecule has 0 atom stereocenters. The van der Waals surface area contributed by atoms with Gasteiger partial charge in [0.1, 0.15) is 5.75 Å². The second-order valence-corrected chi connectivity index (χ2v) is 7.49. The fourth-order valence-electron chi connectivity index (χ4n) is 2.69. The number of nitrogens with one attached hydrogen (secondary N) is 1. The summed E-state index contributed by atoms with van der Waals surface area (Å²) in [6.07, 6.45) is 6.50. The average Bonchev–Trinajstić information content (AvgIpc) is 3.24. The highest BCUT2D eigenvalue weighted by molar-refractivity contribution is 7.73. The average molecular weight is 410 g/mol. The SMILES string of the molecule is COc1ccc2c(c1)/C(=C/c1sc(=S)n(NC(=O)c3cccnc3)c1O)C=N2. The molecule has 3 heterocycles. The van der Waals surface area contributed by atoms with Crippen LogP contribution in [0.15, 0.2) is 47.7 Å². The highest BCUT2D eigenvalue weighted by atomic mass is 32.1. The smallest absolute Gasteiger partial charge is 0.271 e. The summed E-state index contributed by atoms with van der Waals surface area (Å²) in [5, 5.41) is 10.6. The number of benzene rings is 1. The van der Waals surface area contributed by atoms with Gasteiger partial charge in [0.15, 0.2) is 3.95 Å². The predicted octanol–water partition coefficient (Wildman–Crippen LogP) is 4.03. The first kappa shape index (κ1) is 18.1. The number of rotatable bonds is 4. The molecule has 2 aromatic heterocycles. The van der Waals surface area contributed by atoms with Gasteiger partial charge in [-0.05, 0) is 48.6 Å². The fourth-order valence-corrected chi connectivity index (χ4v) is 3.87. The normalized spacial score (nSPS) is 13.5. The van der Waals surface area contributed by atoms with Crippen molar-refractivity contribution in [3.8, 4) is 11.6 Å². The third kappa shape index (κ3) is 3.32. The van der Waals surface area contributed by atoms with E-state index >= 15 is 0 Å². The summed E-state index contributed by atoms with van der Waals surface area (Å²) in [4.78, 5) is 21.1. The molecule has 1 aliphatic rings. The van der Waals surface area contributed by atoms with E-state index < -0.39 is 5.91 Å². The standard InChI is InChI=1S/C19H14N4O3S2/c1-26-13-4-5-15-14(8-13)12(10-21-15)7-16-18(25)23(19(27)28-16)22-17(24)11-3-2-6-20-9-11/h2-10,25H,1H3,(H,22,24)/b12-7+. The number of aliphatic imine (C=N–C) groups is 1. The van der Waals surface area contributed by atoms with Crippen LogP contribution in [0.5, 0.6) is 11.6 Å². The Morgan fingerprint density at radius 3 is 3.00 bits per heavy atom. The van der Waals surface area contributed by atoms with E-state index in [9.17, 15) is 9.90 Å². The van der Waals surface area contributed by atoms with Crippen LogP contribution in [0.25, 0.3) is 11.6 Å². The van der Waals surface area contributed by atoms with Crippen LogP contribution in [0.4, 0.5) is 5.69 Å². The largest absolute Gasteiger partial charge is 0.497 e. The second-order valence-electron chi connectivity index (χ2n) is 5.81. The Hall–Kier alpha value is -3.30. The minimum Gasteiger partial charge on any atom is -0.497 e. The molecule has 4 rings (SSSR count). The summed E-state index contributed by atoms with van der Waals surface area (Å²) in [6, 6.07) is 8.86. The van der Waals surface area contributed by atoms with Crippen LogP contribution < -0.4 is 10.2 Å². The van der Waals surface area contributed by atoms with Crippen molar-refractivity contribution in [2.24, 2.45) is 4.99 Å². The summed E-state index contributed by atoms with van der Waals surface area (Å²) in [6.45, 7) is 0. The molecule has 0 bridgehead atoms. The van der Waals surface area contributed by atoms with Gasteiger partial charge in [-0.2, -0.15) is 4.68 Å². The maximum absolute atomic E-state index is 12.3. The van der Waals surface area contributed by atoms with Crippen molar-refractivity contribution in [1.29, 1.82) is 0 Å². The van der Waals surface area contributed by atoms with Gasteiger partial charge >= 0.3 is 0 Å². The summed E-state index contributed by atoms with van der Waals surface area (Å²) < 4.78 is 6.76. The number of methoxy groups -OCH3 is 1.